The summed E-state index contributed by atoms with van der Waals surface area (Å²) >= 11 is 0. The minimum atomic E-state index is 0.0499. The molecule has 38 heavy (non-hydrogen) atoms. The molecule has 1 atom stereocenters. The van der Waals surface area contributed by atoms with Crippen LogP contribution in [0.1, 0.15) is 207 Å². The van der Waals surface area contributed by atoms with Crippen LogP contribution in [0, 0.1) is 11.8 Å². The van der Waals surface area contributed by atoms with E-state index in [1.54, 1.807) is 0 Å². The van der Waals surface area contributed by atoms with Gasteiger partial charge in [-0.25, -0.2) is 0 Å². The van der Waals surface area contributed by atoms with E-state index in [0.29, 0.717) is 18.9 Å². The van der Waals surface area contributed by atoms with E-state index in [9.17, 15) is 4.79 Å². The molecule has 2 nitrogen and oxygen atoms in total. The molecule has 0 bridgehead atoms. The van der Waals surface area contributed by atoms with Gasteiger partial charge < -0.3 is 4.74 Å². The number of rotatable bonds is 31. The van der Waals surface area contributed by atoms with Crippen molar-refractivity contribution in [2.24, 2.45) is 11.8 Å². The molecular formula is C36H72O2. The Balaban J connectivity index is 3.75. The SMILES string of the molecule is CCCCCCCCCC(CCCCCCC)COC(=O)CCCCCCCCCCCCCCC(C)C. The summed E-state index contributed by atoms with van der Waals surface area (Å²) in [5.41, 5.74) is 0. The van der Waals surface area contributed by atoms with Crippen molar-refractivity contribution in [3.63, 3.8) is 0 Å². The average Bonchev–Trinajstić information content (AvgIpc) is 2.90. The molecule has 0 aromatic carbocycles. The van der Waals surface area contributed by atoms with Crippen LogP contribution in [0.5, 0.6) is 0 Å². The summed E-state index contributed by atoms with van der Waals surface area (Å²) in [7, 11) is 0. The van der Waals surface area contributed by atoms with Crippen LogP contribution in [0.4, 0.5) is 0 Å². The van der Waals surface area contributed by atoms with E-state index in [2.05, 4.69) is 27.7 Å². The summed E-state index contributed by atoms with van der Waals surface area (Å²) in [4.78, 5) is 12.4. The first-order valence-electron chi connectivity index (χ1n) is 17.8. The van der Waals surface area contributed by atoms with Crippen LogP contribution in [-0.4, -0.2) is 12.6 Å². The lowest BCUT2D eigenvalue weighted by Crippen LogP contribution is -2.14. The summed E-state index contributed by atoms with van der Waals surface area (Å²) in [5.74, 6) is 1.50. The highest BCUT2D eigenvalue weighted by atomic mass is 16.5. The van der Waals surface area contributed by atoms with Crippen molar-refractivity contribution in [1.29, 1.82) is 0 Å². The van der Waals surface area contributed by atoms with Gasteiger partial charge in [0.15, 0.2) is 0 Å². The van der Waals surface area contributed by atoms with E-state index < -0.39 is 0 Å². The van der Waals surface area contributed by atoms with Crippen molar-refractivity contribution in [2.45, 2.75) is 207 Å². The maximum Gasteiger partial charge on any atom is 0.305 e. The van der Waals surface area contributed by atoms with Crippen LogP contribution >= 0.6 is 0 Å². The Morgan fingerprint density at radius 1 is 0.474 bits per heavy atom. The van der Waals surface area contributed by atoms with E-state index >= 15 is 0 Å². The minimum Gasteiger partial charge on any atom is -0.465 e. The van der Waals surface area contributed by atoms with Crippen molar-refractivity contribution in [3.05, 3.63) is 0 Å². The predicted molar refractivity (Wildman–Crippen MR) is 170 cm³/mol. The highest BCUT2D eigenvalue weighted by Crippen LogP contribution is 2.20. The highest BCUT2D eigenvalue weighted by molar-refractivity contribution is 5.69. The van der Waals surface area contributed by atoms with Gasteiger partial charge in [-0.2, -0.15) is 0 Å². The summed E-state index contributed by atoms with van der Waals surface area (Å²) in [6.45, 7) is 9.89. The summed E-state index contributed by atoms with van der Waals surface area (Å²) in [6.07, 6.45) is 36.8. The molecule has 0 saturated carbocycles. The Kier molecular flexibility index (Phi) is 30.6. The molecule has 0 fully saturated rings. The first-order valence-corrected chi connectivity index (χ1v) is 17.8. The second kappa shape index (κ2) is 31.0. The Labute approximate surface area is 241 Å². The fraction of sp³-hybridized carbons (Fsp3) is 0.972. The van der Waals surface area contributed by atoms with Gasteiger partial charge in [0.2, 0.25) is 0 Å². The largest absolute Gasteiger partial charge is 0.465 e. The molecule has 2 heteroatoms. The van der Waals surface area contributed by atoms with Gasteiger partial charge in [-0.15, -0.1) is 0 Å². The fourth-order valence-electron chi connectivity index (χ4n) is 5.61. The van der Waals surface area contributed by atoms with Crippen molar-refractivity contribution < 1.29 is 9.53 Å². The molecule has 0 aliphatic rings. The smallest absolute Gasteiger partial charge is 0.305 e. The summed E-state index contributed by atoms with van der Waals surface area (Å²) in [6, 6.07) is 0. The molecule has 228 valence electrons. The lowest BCUT2D eigenvalue weighted by molar-refractivity contribution is -0.145. The molecule has 0 rings (SSSR count). The lowest BCUT2D eigenvalue weighted by atomic mass is 9.95. The van der Waals surface area contributed by atoms with E-state index in [1.165, 1.54) is 167 Å². The minimum absolute atomic E-state index is 0.0499. The predicted octanol–water partition coefficient (Wildman–Crippen LogP) is 12.8. The van der Waals surface area contributed by atoms with Crippen LogP contribution in [-0.2, 0) is 9.53 Å². The Hall–Kier alpha value is -0.530. The van der Waals surface area contributed by atoms with Gasteiger partial charge in [0, 0.05) is 6.42 Å². The first kappa shape index (κ1) is 37.5. The molecule has 0 aliphatic heterocycles. The van der Waals surface area contributed by atoms with Gasteiger partial charge >= 0.3 is 5.97 Å². The Bertz CT molecular complexity index is 458. The number of unbranched alkanes of at least 4 members (excludes halogenated alkanes) is 21. The van der Waals surface area contributed by atoms with Crippen molar-refractivity contribution in [2.75, 3.05) is 6.61 Å². The van der Waals surface area contributed by atoms with Crippen molar-refractivity contribution in [3.8, 4) is 0 Å². The highest BCUT2D eigenvalue weighted by Gasteiger charge is 2.12. The fourth-order valence-corrected chi connectivity index (χ4v) is 5.61. The zero-order valence-electron chi connectivity index (χ0n) is 27.0. The molecule has 1 unspecified atom stereocenters. The third kappa shape index (κ3) is 30.0. The second-order valence-corrected chi connectivity index (χ2v) is 12.8. The molecule has 0 heterocycles. The van der Waals surface area contributed by atoms with Crippen LogP contribution in [0.25, 0.3) is 0 Å². The Morgan fingerprint density at radius 3 is 1.21 bits per heavy atom. The molecule has 0 spiro atoms. The van der Waals surface area contributed by atoms with Gasteiger partial charge in [0.05, 0.1) is 6.61 Å². The standard InChI is InChI=1S/C36H72O2/c1-5-7-9-11-18-23-27-31-35(30-26-21-10-8-6-2)33-38-36(37)32-28-24-20-17-15-13-12-14-16-19-22-25-29-34(3)4/h34-35H,5-33H2,1-4H3. The summed E-state index contributed by atoms with van der Waals surface area (Å²) in [5, 5.41) is 0. The zero-order chi connectivity index (χ0) is 27.9. The van der Waals surface area contributed by atoms with Crippen LogP contribution in [0.3, 0.4) is 0 Å². The van der Waals surface area contributed by atoms with Crippen molar-refractivity contribution >= 4 is 5.97 Å². The Morgan fingerprint density at radius 2 is 0.816 bits per heavy atom. The van der Waals surface area contributed by atoms with Crippen molar-refractivity contribution in [1.82, 2.24) is 0 Å². The quantitative estimate of drug-likeness (QED) is 0.0650. The van der Waals surface area contributed by atoms with E-state index in [4.69, 9.17) is 4.74 Å². The number of ether oxygens (including phenoxy) is 1. The number of carbonyl (C=O) groups excluding carboxylic acids is 1. The normalized spacial score (nSPS) is 12.3. The molecular weight excluding hydrogens is 464 g/mol. The van der Waals surface area contributed by atoms with E-state index in [-0.39, 0.29) is 5.97 Å². The van der Waals surface area contributed by atoms with Gasteiger partial charge in [-0.3, -0.25) is 4.79 Å². The first-order chi connectivity index (χ1) is 18.6. The van der Waals surface area contributed by atoms with Gasteiger partial charge in [0.1, 0.15) is 0 Å². The maximum atomic E-state index is 12.4. The second-order valence-electron chi connectivity index (χ2n) is 12.8. The maximum absolute atomic E-state index is 12.4. The molecule has 0 N–H and O–H groups in total. The third-order valence-corrected chi connectivity index (χ3v) is 8.32. The average molecular weight is 537 g/mol. The molecule has 0 aromatic heterocycles. The monoisotopic (exact) mass is 537 g/mol. The van der Waals surface area contributed by atoms with Gasteiger partial charge in [-0.05, 0) is 31.1 Å². The van der Waals surface area contributed by atoms with Gasteiger partial charge in [0.25, 0.3) is 0 Å². The third-order valence-electron chi connectivity index (χ3n) is 8.32. The molecule has 0 aliphatic carbocycles. The number of hydrogen-bond acceptors (Lipinski definition) is 2. The number of carbonyl (C=O) groups is 1. The zero-order valence-corrected chi connectivity index (χ0v) is 27.0. The topological polar surface area (TPSA) is 26.3 Å². The van der Waals surface area contributed by atoms with E-state index in [0.717, 1.165) is 12.3 Å². The number of esters is 1. The lowest BCUT2D eigenvalue weighted by Gasteiger charge is -2.17. The molecule has 0 radical (unpaired) electrons. The van der Waals surface area contributed by atoms with Gasteiger partial charge in [-0.1, -0.05) is 182 Å². The van der Waals surface area contributed by atoms with Crippen LogP contribution in [0.15, 0.2) is 0 Å². The molecule has 0 amide bonds. The van der Waals surface area contributed by atoms with Crippen LogP contribution in [0.2, 0.25) is 0 Å². The molecule has 0 saturated heterocycles. The molecule has 0 aromatic rings. The van der Waals surface area contributed by atoms with Crippen LogP contribution < -0.4 is 0 Å². The van der Waals surface area contributed by atoms with E-state index in [1.807, 2.05) is 0 Å². The summed E-state index contributed by atoms with van der Waals surface area (Å²) < 4.78 is 5.77. The number of hydrogen-bond donors (Lipinski definition) is 0.